The Balaban J connectivity index is 1.58. The number of nitrogens with one attached hydrogen (secondary N) is 1. The number of rotatable bonds is 3. The number of benzene rings is 1. The van der Waals surface area contributed by atoms with Crippen LogP contribution < -0.4 is 14.8 Å². The molecule has 2 heterocycles. The Morgan fingerprint density at radius 3 is 2.95 bits per heavy atom. The molecule has 1 amide bonds. The first-order valence-corrected chi connectivity index (χ1v) is 6.50. The molecule has 1 atom stereocenters. The Bertz CT molecular complexity index is 663. The van der Waals surface area contributed by atoms with Gasteiger partial charge in [-0.15, -0.1) is 0 Å². The summed E-state index contributed by atoms with van der Waals surface area (Å²) in [6, 6.07) is 9.88. The molecule has 1 aliphatic heterocycles. The summed E-state index contributed by atoms with van der Waals surface area (Å²) in [7, 11) is 0. The van der Waals surface area contributed by atoms with Gasteiger partial charge in [0.1, 0.15) is 12.7 Å². The van der Waals surface area contributed by atoms with Gasteiger partial charge in [-0.2, -0.15) is 4.39 Å². The highest BCUT2D eigenvalue weighted by Gasteiger charge is 2.21. The summed E-state index contributed by atoms with van der Waals surface area (Å²) in [4.78, 5) is 15.3. The molecular weight excluding hydrogens is 275 g/mol. The second-order valence-electron chi connectivity index (χ2n) is 4.57. The fraction of sp³-hybridized carbons (Fsp3) is 0.200. The molecule has 2 aromatic rings. The summed E-state index contributed by atoms with van der Waals surface area (Å²) in [5.41, 5.74) is 0.222. The maximum absolute atomic E-state index is 13.0. The maximum Gasteiger partial charge on any atom is 0.251 e. The molecule has 3 rings (SSSR count). The van der Waals surface area contributed by atoms with Crippen molar-refractivity contribution < 1.29 is 18.7 Å². The monoisotopic (exact) mass is 288 g/mol. The molecule has 1 aromatic carbocycles. The van der Waals surface area contributed by atoms with Crippen molar-refractivity contribution in [1.29, 1.82) is 0 Å². The molecule has 0 radical (unpaired) electrons. The van der Waals surface area contributed by atoms with Crippen LogP contribution in [0.4, 0.5) is 4.39 Å². The minimum absolute atomic E-state index is 0.222. The molecule has 0 saturated heterocycles. The molecule has 6 heteroatoms. The Hall–Kier alpha value is -2.63. The van der Waals surface area contributed by atoms with Gasteiger partial charge in [0, 0.05) is 17.8 Å². The number of amides is 1. The lowest BCUT2D eigenvalue weighted by atomic mass is 10.2. The molecular formula is C15H13FN2O3. The Labute approximate surface area is 120 Å². The van der Waals surface area contributed by atoms with Crippen LogP contribution in [0, 0.1) is 5.95 Å². The standard InChI is InChI=1S/C15H13FN2O3/c16-14-7-10(5-6-17-14)15(19)18-8-11-9-20-12-3-1-2-4-13(12)21-11/h1-7,11H,8-9H2,(H,18,19). The lowest BCUT2D eigenvalue weighted by Crippen LogP contribution is -2.40. The quantitative estimate of drug-likeness (QED) is 0.875. The van der Waals surface area contributed by atoms with Gasteiger partial charge in [-0.1, -0.05) is 12.1 Å². The number of halogens is 1. The van der Waals surface area contributed by atoms with Crippen LogP contribution in [0.15, 0.2) is 42.6 Å². The summed E-state index contributed by atoms with van der Waals surface area (Å²) in [5, 5.41) is 2.69. The van der Waals surface area contributed by atoms with Crippen molar-refractivity contribution in [1.82, 2.24) is 10.3 Å². The number of nitrogens with zero attached hydrogens (tertiary/aromatic N) is 1. The van der Waals surface area contributed by atoms with Crippen molar-refractivity contribution in [3.8, 4) is 11.5 Å². The Kier molecular flexibility index (Phi) is 3.68. The van der Waals surface area contributed by atoms with Crippen LogP contribution in [0.2, 0.25) is 0 Å². The third-order valence-electron chi connectivity index (χ3n) is 3.05. The third-order valence-corrected chi connectivity index (χ3v) is 3.05. The SMILES string of the molecule is O=C(NCC1COc2ccccc2O1)c1ccnc(F)c1. The molecule has 0 bridgehead atoms. The lowest BCUT2D eigenvalue weighted by Gasteiger charge is -2.26. The highest BCUT2D eigenvalue weighted by atomic mass is 19.1. The molecule has 21 heavy (non-hydrogen) atoms. The molecule has 5 nitrogen and oxygen atoms in total. The fourth-order valence-corrected chi connectivity index (χ4v) is 2.02. The fourth-order valence-electron chi connectivity index (χ4n) is 2.02. The summed E-state index contributed by atoms with van der Waals surface area (Å²) in [5.74, 6) is 0.279. The van der Waals surface area contributed by atoms with E-state index in [9.17, 15) is 9.18 Å². The smallest absolute Gasteiger partial charge is 0.251 e. The van der Waals surface area contributed by atoms with Gasteiger partial charge in [-0.3, -0.25) is 4.79 Å². The normalized spacial score (nSPS) is 16.3. The van der Waals surface area contributed by atoms with Crippen molar-refractivity contribution in [3.05, 3.63) is 54.1 Å². The van der Waals surface area contributed by atoms with Gasteiger partial charge < -0.3 is 14.8 Å². The average molecular weight is 288 g/mol. The molecule has 108 valence electrons. The van der Waals surface area contributed by atoms with E-state index in [1.807, 2.05) is 24.3 Å². The van der Waals surface area contributed by atoms with Crippen LogP contribution in [0.3, 0.4) is 0 Å². The van der Waals surface area contributed by atoms with E-state index >= 15 is 0 Å². The molecule has 0 spiro atoms. The van der Waals surface area contributed by atoms with Crippen LogP contribution in [0.5, 0.6) is 11.5 Å². The number of hydrogen-bond acceptors (Lipinski definition) is 4. The highest BCUT2D eigenvalue weighted by molar-refractivity contribution is 5.94. The van der Waals surface area contributed by atoms with Crippen LogP contribution >= 0.6 is 0 Å². The molecule has 1 unspecified atom stereocenters. The van der Waals surface area contributed by atoms with Crippen LogP contribution in [-0.2, 0) is 0 Å². The number of pyridine rings is 1. The number of ether oxygens (including phenoxy) is 2. The van der Waals surface area contributed by atoms with E-state index < -0.39 is 5.95 Å². The van der Waals surface area contributed by atoms with Gasteiger partial charge in [-0.05, 0) is 18.2 Å². The molecule has 1 N–H and O–H groups in total. The van der Waals surface area contributed by atoms with Gasteiger partial charge >= 0.3 is 0 Å². The Morgan fingerprint density at radius 1 is 1.33 bits per heavy atom. The van der Waals surface area contributed by atoms with Gasteiger partial charge in [0.05, 0.1) is 6.54 Å². The molecule has 1 aromatic heterocycles. The van der Waals surface area contributed by atoms with Gasteiger partial charge in [0.15, 0.2) is 11.5 Å². The summed E-state index contributed by atoms with van der Waals surface area (Å²) in [6.07, 6.45) is 0.969. The van der Waals surface area contributed by atoms with Crippen molar-refractivity contribution in [2.45, 2.75) is 6.10 Å². The Morgan fingerprint density at radius 2 is 2.14 bits per heavy atom. The van der Waals surface area contributed by atoms with Gasteiger partial charge in [0.2, 0.25) is 5.95 Å². The lowest BCUT2D eigenvalue weighted by molar-refractivity contribution is 0.0789. The summed E-state index contributed by atoms with van der Waals surface area (Å²) >= 11 is 0. The van der Waals surface area contributed by atoms with E-state index in [0.29, 0.717) is 18.1 Å². The highest BCUT2D eigenvalue weighted by Crippen LogP contribution is 2.30. The second kappa shape index (κ2) is 5.78. The largest absolute Gasteiger partial charge is 0.486 e. The third kappa shape index (κ3) is 3.10. The summed E-state index contributed by atoms with van der Waals surface area (Å²) < 4.78 is 24.2. The zero-order chi connectivity index (χ0) is 14.7. The molecule has 0 aliphatic carbocycles. The number of carbonyl (C=O) groups is 1. The first-order chi connectivity index (χ1) is 10.2. The van der Waals surface area contributed by atoms with E-state index in [2.05, 4.69) is 10.3 Å². The molecule has 0 fully saturated rings. The number of aromatic nitrogens is 1. The van der Waals surface area contributed by atoms with Crippen LogP contribution in [-0.4, -0.2) is 30.1 Å². The summed E-state index contributed by atoms with van der Waals surface area (Å²) in [6.45, 7) is 0.624. The zero-order valence-electron chi connectivity index (χ0n) is 11.1. The van der Waals surface area contributed by atoms with E-state index in [1.165, 1.54) is 12.3 Å². The van der Waals surface area contributed by atoms with Crippen molar-refractivity contribution in [2.75, 3.05) is 13.2 Å². The van der Waals surface area contributed by atoms with Crippen LogP contribution in [0.1, 0.15) is 10.4 Å². The van der Waals surface area contributed by atoms with Gasteiger partial charge in [-0.25, -0.2) is 4.98 Å². The van der Waals surface area contributed by atoms with Crippen molar-refractivity contribution >= 4 is 5.91 Å². The second-order valence-corrected chi connectivity index (χ2v) is 4.57. The first kappa shape index (κ1) is 13.4. The van der Waals surface area contributed by atoms with E-state index in [4.69, 9.17) is 9.47 Å². The minimum atomic E-state index is -0.686. The van der Waals surface area contributed by atoms with Crippen LogP contribution in [0.25, 0.3) is 0 Å². The minimum Gasteiger partial charge on any atom is -0.486 e. The zero-order valence-corrected chi connectivity index (χ0v) is 11.1. The van der Waals surface area contributed by atoms with Crippen molar-refractivity contribution in [2.24, 2.45) is 0 Å². The first-order valence-electron chi connectivity index (χ1n) is 6.50. The average Bonchev–Trinajstić information content (AvgIpc) is 2.52. The van der Waals surface area contributed by atoms with E-state index in [0.717, 1.165) is 6.07 Å². The van der Waals surface area contributed by atoms with E-state index in [1.54, 1.807) is 0 Å². The number of hydrogen-bond donors (Lipinski definition) is 1. The number of fused-ring (bicyclic) bond motifs is 1. The number of para-hydroxylation sites is 2. The molecule has 0 saturated carbocycles. The topological polar surface area (TPSA) is 60.5 Å². The van der Waals surface area contributed by atoms with E-state index in [-0.39, 0.29) is 24.1 Å². The predicted octanol–water partition coefficient (Wildman–Crippen LogP) is 1.79. The maximum atomic E-state index is 13.0. The van der Waals surface area contributed by atoms with Crippen molar-refractivity contribution in [3.63, 3.8) is 0 Å². The number of carbonyl (C=O) groups excluding carboxylic acids is 1. The molecule has 1 aliphatic rings. The predicted molar refractivity (Wildman–Crippen MR) is 72.9 cm³/mol. The van der Waals surface area contributed by atoms with Gasteiger partial charge in [0.25, 0.3) is 5.91 Å².